The first-order valence-electron chi connectivity index (χ1n) is 11.5. The summed E-state index contributed by atoms with van der Waals surface area (Å²) in [6, 6.07) is 24.3. The van der Waals surface area contributed by atoms with Crippen LogP contribution in [0, 0.1) is 12.7 Å². The minimum absolute atomic E-state index is 0.0929. The monoisotopic (exact) mass is 487 g/mol. The van der Waals surface area contributed by atoms with Gasteiger partial charge in [0.25, 0.3) is 11.8 Å². The zero-order chi connectivity index (χ0) is 25.3. The van der Waals surface area contributed by atoms with Crippen molar-refractivity contribution >= 4 is 11.8 Å². The van der Waals surface area contributed by atoms with Crippen LogP contribution in [0.25, 0.3) is 0 Å². The third-order valence-corrected chi connectivity index (χ3v) is 5.46. The topological polar surface area (TPSA) is 84.7 Å². The molecule has 0 aliphatic rings. The molecule has 4 aromatic rings. The van der Waals surface area contributed by atoms with E-state index in [1.165, 1.54) is 18.2 Å². The number of aryl methyl sites for hydroxylation is 1. The van der Waals surface area contributed by atoms with Crippen LogP contribution < -0.4 is 10.1 Å². The first-order chi connectivity index (χ1) is 17.5. The fourth-order valence-electron chi connectivity index (χ4n) is 3.46. The van der Waals surface area contributed by atoms with Gasteiger partial charge >= 0.3 is 0 Å². The standard InChI is InChI=1S/C28H26FN3O4/c1-20-7-9-22(10-8-20)17-32(27(33)19-35-24-5-3-2-4-6-24)18-25-15-26(31-36-25)28(34)30-16-21-11-13-23(29)14-12-21/h2-15H,16-19H2,1H3,(H,30,34). The van der Waals surface area contributed by atoms with Gasteiger partial charge in [-0.25, -0.2) is 4.39 Å². The minimum atomic E-state index is -0.432. The first-order valence-corrected chi connectivity index (χ1v) is 11.5. The summed E-state index contributed by atoms with van der Waals surface area (Å²) in [6.07, 6.45) is 0. The number of para-hydroxylation sites is 1. The molecule has 0 radical (unpaired) electrons. The number of aromatic nitrogens is 1. The van der Waals surface area contributed by atoms with Crippen LogP contribution in [0.2, 0.25) is 0 Å². The van der Waals surface area contributed by atoms with Crippen LogP contribution in [-0.4, -0.2) is 28.5 Å². The molecule has 0 aliphatic carbocycles. The fraction of sp³-hybridized carbons (Fsp3) is 0.179. The lowest BCUT2D eigenvalue weighted by atomic mass is 10.1. The van der Waals surface area contributed by atoms with E-state index in [1.807, 2.05) is 49.4 Å². The van der Waals surface area contributed by atoms with Crippen molar-refractivity contribution in [1.29, 1.82) is 0 Å². The number of ether oxygens (including phenoxy) is 1. The summed E-state index contributed by atoms with van der Waals surface area (Å²) in [5.41, 5.74) is 2.91. The van der Waals surface area contributed by atoms with Gasteiger partial charge in [-0.05, 0) is 42.3 Å². The molecule has 0 unspecified atom stereocenters. The highest BCUT2D eigenvalue weighted by Gasteiger charge is 2.20. The van der Waals surface area contributed by atoms with Crippen molar-refractivity contribution in [1.82, 2.24) is 15.4 Å². The van der Waals surface area contributed by atoms with Gasteiger partial charge in [-0.2, -0.15) is 0 Å². The van der Waals surface area contributed by atoms with Gasteiger partial charge in [0.15, 0.2) is 18.1 Å². The lowest BCUT2D eigenvalue weighted by Crippen LogP contribution is -2.34. The Balaban J connectivity index is 1.41. The quantitative estimate of drug-likeness (QED) is 0.352. The summed E-state index contributed by atoms with van der Waals surface area (Å²) in [5.74, 6) is -0.0515. The number of hydrogen-bond acceptors (Lipinski definition) is 5. The highest BCUT2D eigenvalue weighted by molar-refractivity contribution is 5.92. The maximum atomic E-state index is 13.1. The Kier molecular flexibility index (Phi) is 8.08. The molecule has 0 aliphatic heterocycles. The number of nitrogens with zero attached hydrogens (tertiary/aromatic N) is 2. The highest BCUT2D eigenvalue weighted by Crippen LogP contribution is 2.15. The van der Waals surface area contributed by atoms with E-state index in [-0.39, 0.29) is 37.1 Å². The van der Waals surface area contributed by atoms with Crippen molar-refractivity contribution < 1.29 is 23.2 Å². The Morgan fingerprint density at radius 3 is 2.36 bits per heavy atom. The SMILES string of the molecule is Cc1ccc(CN(Cc2cc(C(=O)NCc3ccc(F)cc3)no2)C(=O)COc2ccccc2)cc1. The van der Waals surface area contributed by atoms with Crippen molar-refractivity contribution in [2.75, 3.05) is 6.61 Å². The van der Waals surface area contributed by atoms with Crippen molar-refractivity contribution in [3.8, 4) is 5.75 Å². The van der Waals surface area contributed by atoms with Crippen LogP contribution >= 0.6 is 0 Å². The van der Waals surface area contributed by atoms with E-state index in [1.54, 1.807) is 29.2 Å². The average Bonchev–Trinajstić information content (AvgIpc) is 3.37. The molecule has 1 heterocycles. The normalized spacial score (nSPS) is 10.6. The Morgan fingerprint density at radius 1 is 0.944 bits per heavy atom. The number of carbonyl (C=O) groups is 2. The van der Waals surface area contributed by atoms with Crippen LogP contribution in [0.4, 0.5) is 4.39 Å². The molecule has 0 fully saturated rings. The van der Waals surface area contributed by atoms with Gasteiger partial charge < -0.3 is 19.5 Å². The van der Waals surface area contributed by atoms with Gasteiger partial charge in [0, 0.05) is 19.2 Å². The van der Waals surface area contributed by atoms with Gasteiger partial charge in [0.1, 0.15) is 11.6 Å². The van der Waals surface area contributed by atoms with Gasteiger partial charge in [-0.15, -0.1) is 0 Å². The van der Waals surface area contributed by atoms with E-state index >= 15 is 0 Å². The number of hydrogen-bond donors (Lipinski definition) is 1. The summed E-state index contributed by atoms with van der Waals surface area (Å²) in [4.78, 5) is 27.1. The summed E-state index contributed by atoms with van der Waals surface area (Å²) in [5, 5.41) is 6.57. The van der Waals surface area contributed by atoms with Gasteiger partial charge in [0.2, 0.25) is 0 Å². The Hall–Kier alpha value is -4.46. The van der Waals surface area contributed by atoms with E-state index in [2.05, 4.69) is 10.5 Å². The number of carbonyl (C=O) groups excluding carboxylic acids is 2. The summed E-state index contributed by atoms with van der Waals surface area (Å²) in [6.45, 7) is 2.52. The first kappa shape index (κ1) is 24.7. The predicted octanol–water partition coefficient (Wildman–Crippen LogP) is 4.66. The van der Waals surface area contributed by atoms with Gasteiger partial charge in [-0.3, -0.25) is 9.59 Å². The summed E-state index contributed by atoms with van der Waals surface area (Å²) < 4.78 is 24.1. The second kappa shape index (κ2) is 11.8. The molecule has 0 bridgehead atoms. The zero-order valence-electron chi connectivity index (χ0n) is 19.8. The second-order valence-corrected chi connectivity index (χ2v) is 8.32. The molecule has 2 amide bonds. The van der Waals surface area contributed by atoms with Gasteiger partial charge in [0.05, 0.1) is 6.54 Å². The van der Waals surface area contributed by atoms with Crippen molar-refractivity contribution in [3.63, 3.8) is 0 Å². The molecular formula is C28H26FN3O4. The van der Waals surface area contributed by atoms with Gasteiger partial charge in [-0.1, -0.05) is 65.3 Å². The van der Waals surface area contributed by atoms with E-state index in [9.17, 15) is 14.0 Å². The molecule has 1 aromatic heterocycles. The number of benzene rings is 3. The number of halogens is 1. The molecular weight excluding hydrogens is 461 g/mol. The average molecular weight is 488 g/mol. The number of amides is 2. The molecule has 0 saturated heterocycles. The third kappa shape index (κ3) is 7.02. The predicted molar refractivity (Wildman–Crippen MR) is 131 cm³/mol. The van der Waals surface area contributed by atoms with Crippen LogP contribution in [0.5, 0.6) is 5.75 Å². The van der Waals surface area contributed by atoms with Crippen molar-refractivity contribution in [2.45, 2.75) is 26.6 Å². The van der Waals surface area contributed by atoms with E-state index in [4.69, 9.17) is 9.26 Å². The van der Waals surface area contributed by atoms with Crippen LogP contribution in [0.1, 0.15) is 32.9 Å². The maximum Gasteiger partial charge on any atom is 0.273 e. The highest BCUT2D eigenvalue weighted by atomic mass is 19.1. The zero-order valence-corrected chi connectivity index (χ0v) is 19.8. The van der Waals surface area contributed by atoms with Crippen LogP contribution in [-0.2, 0) is 24.4 Å². The Labute approximate surface area is 208 Å². The van der Waals surface area contributed by atoms with Crippen LogP contribution in [0.3, 0.4) is 0 Å². The Bertz CT molecular complexity index is 1290. The lowest BCUT2D eigenvalue weighted by Gasteiger charge is -2.22. The molecule has 0 spiro atoms. The molecule has 0 atom stereocenters. The molecule has 8 heteroatoms. The van der Waals surface area contributed by atoms with Crippen LogP contribution in [0.15, 0.2) is 89.5 Å². The molecule has 3 aromatic carbocycles. The lowest BCUT2D eigenvalue weighted by molar-refractivity contribution is -0.135. The van der Waals surface area contributed by atoms with E-state index in [0.717, 1.165) is 16.7 Å². The van der Waals surface area contributed by atoms with Crippen molar-refractivity contribution in [2.24, 2.45) is 0 Å². The fourth-order valence-corrected chi connectivity index (χ4v) is 3.46. The molecule has 4 rings (SSSR count). The van der Waals surface area contributed by atoms with Crippen molar-refractivity contribution in [3.05, 3.63) is 119 Å². The summed E-state index contributed by atoms with van der Waals surface area (Å²) >= 11 is 0. The molecule has 184 valence electrons. The maximum absolute atomic E-state index is 13.1. The number of nitrogens with one attached hydrogen (secondary N) is 1. The molecule has 7 nitrogen and oxygen atoms in total. The van der Waals surface area contributed by atoms with E-state index in [0.29, 0.717) is 18.1 Å². The second-order valence-electron chi connectivity index (χ2n) is 8.32. The minimum Gasteiger partial charge on any atom is -0.484 e. The molecule has 0 saturated carbocycles. The largest absolute Gasteiger partial charge is 0.484 e. The number of rotatable bonds is 10. The Morgan fingerprint density at radius 2 is 1.64 bits per heavy atom. The third-order valence-electron chi connectivity index (χ3n) is 5.46. The molecule has 36 heavy (non-hydrogen) atoms. The summed E-state index contributed by atoms with van der Waals surface area (Å²) in [7, 11) is 0. The van der Waals surface area contributed by atoms with E-state index < -0.39 is 5.91 Å². The molecule has 1 N–H and O–H groups in total. The smallest absolute Gasteiger partial charge is 0.273 e.